The highest BCUT2D eigenvalue weighted by Gasteiger charge is 2.23. The number of aromatic nitrogens is 1. The maximum absolute atomic E-state index is 5.51. The summed E-state index contributed by atoms with van der Waals surface area (Å²) in [6.45, 7) is 0. The Morgan fingerprint density at radius 1 is 1.11 bits per heavy atom. The average Bonchev–Trinajstić information content (AvgIpc) is 3.04. The molecule has 3 aromatic rings. The molecule has 0 amide bonds. The highest BCUT2D eigenvalue weighted by Crippen LogP contribution is 2.41. The molecule has 2 heterocycles. The van der Waals surface area contributed by atoms with Gasteiger partial charge in [0, 0.05) is 26.9 Å². The van der Waals surface area contributed by atoms with Gasteiger partial charge in [0.05, 0.1) is 12.0 Å². The normalized spacial score (nSPS) is 13.1. The van der Waals surface area contributed by atoms with E-state index >= 15 is 0 Å². The van der Waals surface area contributed by atoms with Crippen LogP contribution in [-0.4, -0.2) is 4.98 Å². The largest absolute Gasteiger partial charge is 0.469 e. The summed E-state index contributed by atoms with van der Waals surface area (Å²) in [5.74, 6) is 1.07. The molecule has 0 aliphatic heterocycles. The smallest absolute Gasteiger partial charge is 0.125 e. The molecule has 0 spiro atoms. The first-order valence-corrected chi connectivity index (χ1v) is 7.75. The number of halogens is 1. The van der Waals surface area contributed by atoms with Crippen molar-refractivity contribution >= 4 is 27.3 Å². The van der Waals surface area contributed by atoms with Crippen molar-refractivity contribution in [3.05, 3.63) is 51.7 Å². The molecule has 2 nitrogen and oxygen atoms in total. The van der Waals surface area contributed by atoms with Crippen LogP contribution in [-0.2, 0) is 12.8 Å². The molecule has 1 aromatic carbocycles. The number of furan rings is 1. The standard InChI is InChI=1S/C15H10BrNOS/c16-11-4-2-1-3-9(11)15-17-14-10-7-8-18-12(10)5-6-13(14)19-15/h1-4,7-8H,5-6H2. The molecular formula is C15H10BrNOS. The molecule has 94 valence electrons. The van der Waals surface area contributed by atoms with E-state index in [0.717, 1.165) is 44.9 Å². The Kier molecular flexibility index (Phi) is 2.60. The first kappa shape index (κ1) is 11.4. The summed E-state index contributed by atoms with van der Waals surface area (Å²) in [5, 5.41) is 1.08. The minimum Gasteiger partial charge on any atom is -0.469 e. The zero-order valence-corrected chi connectivity index (χ0v) is 12.4. The van der Waals surface area contributed by atoms with Crippen molar-refractivity contribution in [1.29, 1.82) is 0 Å². The van der Waals surface area contributed by atoms with Gasteiger partial charge in [-0.25, -0.2) is 4.98 Å². The number of fused-ring (bicyclic) bond motifs is 3. The summed E-state index contributed by atoms with van der Waals surface area (Å²) in [5.41, 5.74) is 3.42. The fourth-order valence-corrected chi connectivity index (χ4v) is 4.17. The minimum absolute atomic E-state index is 0.979. The first-order chi connectivity index (χ1) is 9.33. The lowest BCUT2D eigenvalue weighted by molar-refractivity contribution is 0.508. The van der Waals surface area contributed by atoms with Crippen molar-refractivity contribution in [2.24, 2.45) is 0 Å². The molecular weight excluding hydrogens is 322 g/mol. The lowest BCUT2D eigenvalue weighted by atomic mass is 10.0. The summed E-state index contributed by atoms with van der Waals surface area (Å²) in [6, 6.07) is 10.2. The fourth-order valence-electron chi connectivity index (χ4n) is 2.45. The second kappa shape index (κ2) is 4.32. The van der Waals surface area contributed by atoms with Gasteiger partial charge in [0.15, 0.2) is 0 Å². The van der Waals surface area contributed by atoms with Crippen LogP contribution < -0.4 is 0 Å². The van der Waals surface area contributed by atoms with Crippen LogP contribution in [0.4, 0.5) is 0 Å². The van der Waals surface area contributed by atoms with Gasteiger partial charge in [0.25, 0.3) is 0 Å². The van der Waals surface area contributed by atoms with E-state index < -0.39 is 0 Å². The molecule has 1 aliphatic carbocycles. The van der Waals surface area contributed by atoms with E-state index in [-0.39, 0.29) is 0 Å². The van der Waals surface area contributed by atoms with Crippen LogP contribution >= 0.6 is 27.3 Å². The maximum Gasteiger partial charge on any atom is 0.125 e. The van der Waals surface area contributed by atoms with Gasteiger partial charge in [-0.1, -0.05) is 34.1 Å². The van der Waals surface area contributed by atoms with Crippen LogP contribution in [0, 0.1) is 0 Å². The monoisotopic (exact) mass is 331 g/mol. The van der Waals surface area contributed by atoms with Crippen molar-refractivity contribution in [2.75, 3.05) is 0 Å². The third-order valence-corrected chi connectivity index (χ3v) is 5.22. The van der Waals surface area contributed by atoms with Gasteiger partial charge >= 0.3 is 0 Å². The number of nitrogens with zero attached hydrogens (tertiary/aromatic N) is 1. The van der Waals surface area contributed by atoms with E-state index in [9.17, 15) is 0 Å². The summed E-state index contributed by atoms with van der Waals surface area (Å²) < 4.78 is 6.60. The molecule has 1 aliphatic rings. The van der Waals surface area contributed by atoms with Crippen LogP contribution in [0.2, 0.25) is 0 Å². The van der Waals surface area contributed by atoms with Gasteiger partial charge in [-0.15, -0.1) is 11.3 Å². The molecule has 0 radical (unpaired) electrons. The van der Waals surface area contributed by atoms with E-state index in [1.807, 2.05) is 18.2 Å². The summed E-state index contributed by atoms with van der Waals surface area (Å²) >= 11 is 5.39. The summed E-state index contributed by atoms with van der Waals surface area (Å²) in [7, 11) is 0. The van der Waals surface area contributed by atoms with E-state index in [1.54, 1.807) is 17.6 Å². The Morgan fingerprint density at radius 3 is 2.89 bits per heavy atom. The molecule has 0 saturated carbocycles. The van der Waals surface area contributed by atoms with Gasteiger partial charge in [0.2, 0.25) is 0 Å². The first-order valence-electron chi connectivity index (χ1n) is 6.14. The Bertz CT molecular complexity index is 759. The fraction of sp³-hybridized carbons (Fsp3) is 0.133. The number of benzene rings is 1. The van der Waals surface area contributed by atoms with E-state index in [1.165, 1.54) is 4.88 Å². The Balaban J connectivity index is 1.89. The molecule has 0 N–H and O–H groups in total. The third kappa shape index (κ3) is 1.78. The number of rotatable bonds is 1. The highest BCUT2D eigenvalue weighted by atomic mass is 79.9. The van der Waals surface area contributed by atoms with Crippen LogP contribution in [0.5, 0.6) is 0 Å². The molecule has 2 aromatic heterocycles. The van der Waals surface area contributed by atoms with Gasteiger partial charge in [-0.3, -0.25) is 0 Å². The van der Waals surface area contributed by atoms with Crippen LogP contribution in [0.25, 0.3) is 21.8 Å². The Labute approximate surface area is 123 Å². The zero-order valence-electron chi connectivity index (χ0n) is 10.0. The van der Waals surface area contributed by atoms with Crippen molar-refractivity contribution in [2.45, 2.75) is 12.8 Å². The molecule has 0 bridgehead atoms. The maximum atomic E-state index is 5.51. The van der Waals surface area contributed by atoms with Crippen LogP contribution in [0.1, 0.15) is 10.6 Å². The molecule has 0 saturated heterocycles. The molecule has 0 atom stereocenters. The van der Waals surface area contributed by atoms with Gasteiger partial charge < -0.3 is 4.42 Å². The van der Waals surface area contributed by atoms with Crippen molar-refractivity contribution in [3.63, 3.8) is 0 Å². The number of hydrogen-bond acceptors (Lipinski definition) is 3. The zero-order chi connectivity index (χ0) is 12.8. The number of hydrogen-bond donors (Lipinski definition) is 0. The Hall–Kier alpha value is -1.39. The average molecular weight is 332 g/mol. The van der Waals surface area contributed by atoms with Crippen molar-refractivity contribution in [3.8, 4) is 21.8 Å². The lowest BCUT2D eigenvalue weighted by Gasteiger charge is -2.07. The molecule has 4 rings (SSSR count). The second-order valence-electron chi connectivity index (χ2n) is 4.53. The quantitative estimate of drug-likeness (QED) is 0.631. The second-order valence-corrected chi connectivity index (χ2v) is 6.47. The molecule has 0 unspecified atom stereocenters. The van der Waals surface area contributed by atoms with Crippen molar-refractivity contribution in [1.82, 2.24) is 4.98 Å². The molecule has 19 heavy (non-hydrogen) atoms. The SMILES string of the molecule is Brc1ccccc1-c1nc2c(s1)CCc1occc1-2. The van der Waals surface area contributed by atoms with Gasteiger partial charge in [-0.05, 0) is 18.6 Å². The van der Waals surface area contributed by atoms with E-state index in [0.29, 0.717) is 0 Å². The predicted octanol–water partition coefficient (Wildman–Crippen LogP) is 4.93. The lowest BCUT2D eigenvalue weighted by Crippen LogP contribution is -1.98. The summed E-state index contributed by atoms with van der Waals surface area (Å²) in [4.78, 5) is 6.18. The predicted molar refractivity (Wildman–Crippen MR) is 80.4 cm³/mol. The van der Waals surface area contributed by atoms with Crippen molar-refractivity contribution < 1.29 is 4.42 Å². The summed E-state index contributed by atoms with van der Waals surface area (Å²) in [6.07, 6.45) is 3.77. The van der Waals surface area contributed by atoms with E-state index in [2.05, 4.69) is 28.1 Å². The topological polar surface area (TPSA) is 26.0 Å². The number of thiazole rings is 1. The minimum atomic E-state index is 0.979. The third-order valence-electron chi connectivity index (χ3n) is 3.38. The van der Waals surface area contributed by atoms with Crippen LogP contribution in [0.3, 0.4) is 0 Å². The highest BCUT2D eigenvalue weighted by molar-refractivity contribution is 9.10. The molecule has 4 heteroatoms. The Morgan fingerprint density at radius 2 is 2.00 bits per heavy atom. The van der Waals surface area contributed by atoms with Gasteiger partial charge in [0.1, 0.15) is 10.8 Å². The van der Waals surface area contributed by atoms with Gasteiger partial charge in [-0.2, -0.15) is 0 Å². The molecule has 0 fully saturated rings. The van der Waals surface area contributed by atoms with E-state index in [4.69, 9.17) is 9.40 Å². The number of aryl methyl sites for hydroxylation is 2. The van der Waals surface area contributed by atoms with Crippen LogP contribution in [0.15, 0.2) is 45.5 Å².